The van der Waals surface area contributed by atoms with Crippen LogP contribution in [0.2, 0.25) is 0 Å². The highest BCUT2D eigenvalue weighted by molar-refractivity contribution is 7.18. The van der Waals surface area contributed by atoms with Gasteiger partial charge in [0.1, 0.15) is 11.4 Å². The van der Waals surface area contributed by atoms with E-state index in [0.717, 1.165) is 29.5 Å². The lowest BCUT2D eigenvalue weighted by Crippen LogP contribution is -2.51. The maximum Gasteiger partial charge on any atom is 0.264 e. The van der Waals surface area contributed by atoms with E-state index in [1.165, 1.54) is 16.9 Å². The van der Waals surface area contributed by atoms with Crippen molar-refractivity contribution in [2.75, 3.05) is 44.3 Å². The van der Waals surface area contributed by atoms with Crippen LogP contribution in [-0.4, -0.2) is 59.8 Å². The number of carbonyl (C=O) groups is 1. The molecule has 1 amide bonds. The Kier molecular flexibility index (Phi) is 6.01. The lowest BCUT2D eigenvalue weighted by Gasteiger charge is -2.36. The van der Waals surface area contributed by atoms with Crippen LogP contribution in [0.15, 0.2) is 17.4 Å². The highest BCUT2D eigenvalue weighted by Gasteiger charge is 2.27. The van der Waals surface area contributed by atoms with E-state index in [0.29, 0.717) is 45.3 Å². The molecular formula is C21H28N4O3S. The molecule has 0 spiro atoms. The van der Waals surface area contributed by atoms with Crippen LogP contribution in [0.3, 0.4) is 0 Å². The molecule has 1 aliphatic carbocycles. The fourth-order valence-electron chi connectivity index (χ4n) is 4.20. The molecule has 0 aromatic carbocycles. The Morgan fingerprint density at radius 1 is 1.24 bits per heavy atom. The third-order valence-corrected chi connectivity index (χ3v) is 6.90. The maximum absolute atomic E-state index is 13.4. The number of fused-ring (bicyclic) bond motifs is 3. The Morgan fingerprint density at radius 2 is 2.00 bits per heavy atom. The van der Waals surface area contributed by atoms with Gasteiger partial charge in [0, 0.05) is 44.2 Å². The van der Waals surface area contributed by atoms with Gasteiger partial charge in [-0.05, 0) is 38.2 Å². The van der Waals surface area contributed by atoms with Gasteiger partial charge in [0.25, 0.3) is 5.56 Å². The number of hydrogen-bond acceptors (Lipinski definition) is 6. The molecule has 156 valence electrons. The first-order valence-electron chi connectivity index (χ1n) is 10.4. The van der Waals surface area contributed by atoms with Gasteiger partial charge in [0.05, 0.1) is 5.39 Å². The zero-order valence-electron chi connectivity index (χ0n) is 17.0. The van der Waals surface area contributed by atoms with E-state index in [2.05, 4.69) is 11.5 Å². The monoisotopic (exact) mass is 416 g/mol. The van der Waals surface area contributed by atoms with Gasteiger partial charge in [0.15, 0.2) is 0 Å². The summed E-state index contributed by atoms with van der Waals surface area (Å²) in [6, 6.07) is 0. The number of aromatic nitrogens is 2. The van der Waals surface area contributed by atoms with Crippen molar-refractivity contribution in [2.45, 2.75) is 39.2 Å². The fraction of sp³-hybridized carbons (Fsp3) is 0.571. The average molecular weight is 417 g/mol. The molecule has 2 aromatic rings. The SMILES string of the molecule is C=CCn1c(N2CCN(C(=O)COCC)CC2)nc2sc3c(c2c1=O)CCCC3. The highest BCUT2D eigenvalue weighted by Crippen LogP contribution is 2.34. The number of piperazine rings is 1. The Labute approximate surface area is 174 Å². The first-order chi connectivity index (χ1) is 14.1. The smallest absolute Gasteiger partial charge is 0.264 e. The van der Waals surface area contributed by atoms with E-state index >= 15 is 0 Å². The molecule has 0 bridgehead atoms. The standard InChI is InChI=1S/C21H28N4O3S/c1-3-9-25-20(27)18-15-7-5-6-8-16(15)29-19(18)22-21(25)24-12-10-23(11-13-24)17(26)14-28-4-2/h3H,1,4-14H2,2H3. The van der Waals surface area contributed by atoms with Crippen LogP contribution < -0.4 is 10.5 Å². The summed E-state index contributed by atoms with van der Waals surface area (Å²) in [6.07, 6.45) is 6.09. The molecule has 0 saturated carbocycles. The molecule has 3 heterocycles. The van der Waals surface area contributed by atoms with E-state index in [1.54, 1.807) is 22.0 Å². The molecule has 8 heteroatoms. The summed E-state index contributed by atoms with van der Waals surface area (Å²) in [6.45, 7) is 9.33. The average Bonchev–Trinajstić information content (AvgIpc) is 3.12. The maximum atomic E-state index is 13.4. The lowest BCUT2D eigenvalue weighted by atomic mass is 9.97. The van der Waals surface area contributed by atoms with E-state index in [9.17, 15) is 9.59 Å². The van der Waals surface area contributed by atoms with E-state index in [-0.39, 0.29) is 18.1 Å². The molecule has 0 atom stereocenters. The van der Waals surface area contributed by atoms with Crippen LogP contribution >= 0.6 is 11.3 Å². The number of nitrogens with zero attached hydrogens (tertiary/aromatic N) is 4. The van der Waals surface area contributed by atoms with Crippen LogP contribution in [0.1, 0.15) is 30.2 Å². The van der Waals surface area contributed by atoms with Crippen LogP contribution in [0.4, 0.5) is 5.95 Å². The minimum Gasteiger partial charge on any atom is -0.372 e. The highest BCUT2D eigenvalue weighted by atomic mass is 32.1. The van der Waals surface area contributed by atoms with Crippen molar-refractivity contribution < 1.29 is 9.53 Å². The quantitative estimate of drug-likeness (QED) is 0.676. The summed E-state index contributed by atoms with van der Waals surface area (Å²) in [5, 5.41) is 0.806. The summed E-state index contributed by atoms with van der Waals surface area (Å²) in [7, 11) is 0. The van der Waals surface area contributed by atoms with Crippen LogP contribution in [0.25, 0.3) is 10.2 Å². The van der Waals surface area contributed by atoms with Crippen molar-refractivity contribution in [1.82, 2.24) is 14.5 Å². The molecule has 2 aliphatic rings. The summed E-state index contributed by atoms with van der Waals surface area (Å²) in [5.74, 6) is 0.710. The van der Waals surface area contributed by atoms with E-state index in [1.807, 2.05) is 11.8 Å². The molecule has 1 aliphatic heterocycles. The second-order valence-corrected chi connectivity index (χ2v) is 8.60. The molecule has 1 saturated heterocycles. The van der Waals surface area contributed by atoms with Gasteiger partial charge in [0.2, 0.25) is 11.9 Å². The van der Waals surface area contributed by atoms with E-state index in [4.69, 9.17) is 9.72 Å². The number of rotatable bonds is 6. The number of aryl methyl sites for hydroxylation is 2. The largest absolute Gasteiger partial charge is 0.372 e. The van der Waals surface area contributed by atoms with Gasteiger partial charge in [-0.1, -0.05) is 6.08 Å². The Balaban J connectivity index is 1.64. The minimum atomic E-state index is 0.0179. The fourth-order valence-corrected chi connectivity index (χ4v) is 5.45. The number of amides is 1. The molecule has 7 nitrogen and oxygen atoms in total. The van der Waals surface area contributed by atoms with Crippen LogP contribution in [0.5, 0.6) is 0 Å². The van der Waals surface area contributed by atoms with Crippen molar-refractivity contribution in [1.29, 1.82) is 0 Å². The summed E-state index contributed by atoms with van der Waals surface area (Å²) >= 11 is 1.68. The van der Waals surface area contributed by atoms with Crippen molar-refractivity contribution in [3.63, 3.8) is 0 Å². The number of allylic oxidation sites excluding steroid dienone is 1. The molecule has 4 rings (SSSR count). The summed E-state index contributed by atoms with van der Waals surface area (Å²) < 4.78 is 6.99. The molecule has 29 heavy (non-hydrogen) atoms. The van der Waals surface area contributed by atoms with Gasteiger partial charge in [-0.15, -0.1) is 17.9 Å². The third kappa shape index (κ3) is 3.83. The van der Waals surface area contributed by atoms with Gasteiger partial charge in [-0.3, -0.25) is 14.2 Å². The Bertz CT molecular complexity index is 972. The number of carbonyl (C=O) groups excluding carboxylic acids is 1. The van der Waals surface area contributed by atoms with Gasteiger partial charge < -0.3 is 14.5 Å². The van der Waals surface area contributed by atoms with Crippen molar-refractivity contribution >= 4 is 33.4 Å². The zero-order valence-corrected chi connectivity index (χ0v) is 17.8. The van der Waals surface area contributed by atoms with Gasteiger partial charge in [-0.25, -0.2) is 4.98 Å². The van der Waals surface area contributed by atoms with Crippen molar-refractivity contribution in [3.05, 3.63) is 33.4 Å². The van der Waals surface area contributed by atoms with Crippen molar-refractivity contribution in [2.24, 2.45) is 0 Å². The third-order valence-electron chi connectivity index (χ3n) is 5.71. The Morgan fingerprint density at radius 3 is 2.72 bits per heavy atom. The van der Waals surface area contributed by atoms with Crippen LogP contribution in [-0.2, 0) is 28.9 Å². The van der Waals surface area contributed by atoms with Gasteiger partial charge >= 0.3 is 0 Å². The molecule has 1 fully saturated rings. The molecule has 0 N–H and O–H groups in total. The summed E-state index contributed by atoms with van der Waals surface area (Å²) in [4.78, 5) is 36.6. The molecular weight excluding hydrogens is 388 g/mol. The first kappa shape index (κ1) is 20.1. The van der Waals surface area contributed by atoms with E-state index < -0.39 is 0 Å². The lowest BCUT2D eigenvalue weighted by molar-refractivity contribution is -0.136. The number of hydrogen-bond donors (Lipinski definition) is 0. The molecule has 0 radical (unpaired) electrons. The second kappa shape index (κ2) is 8.67. The minimum absolute atomic E-state index is 0.0179. The summed E-state index contributed by atoms with van der Waals surface area (Å²) in [5.41, 5.74) is 1.25. The number of thiophene rings is 1. The predicted molar refractivity (Wildman–Crippen MR) is 116 cm³/mol. The Hall–Kier alpha value is -2.19. The van der Waals surface area contributed by atoms with Gasteiger partial charge in [-0.2, -0.15) is 0 Å². The topological polar surface area (TPSA) is 67.7 Å². The zero-order chi connectivity index (χ0) is 20.4. The molecule has 0 unspecified atom stereocenters. The predicted octanol–water partition coefficient (Wildman–Crippen LogP) is 2.21. The first-order valence-corrected chi connectivity index (χ1v) is 11.2. The number of anilines is 1. The normalized spacial score (nSPS) is 16.9. The number of ether oxygens (including phenoxy) is 1. The molecule has 2 aromatic heterocycles. The second-order valence-electron chi connectivity index (χ2n) is 7.51. The van der Waals surface area contributed by atoms with Crippen molar-refractivity contribution in [3.8, 4) is 0 Å². The van der Waals surface area contributed by atoms with Crippen LogP contribution in [0, 0.1) is 0 Å².